The summed E-state index contributed by atoms with van der Waals surface area (Å²) in [5, 5.41) is 17.3. The fourth-order valence-corrected chi connectivity index (χ4v) is 2.77. The number of likely N-dealkylation sites (tertiary alicyclic amines) is 1. The molecule has 1 saturated heterocycles. The van der Waals surface area contributed by atoms with Gasteiger partial charge in [-0.05, 0) is 46.5 Å². The fraction of sp³-hybridized carbons (Fsp3) is 0.842. The van der Waals surface area contributed by atoms with Crippen molar-refractivity contribution < 1.29 is 38.8 Å². The van der Waals surface area contributed by atoms with Crippen LogP contribution in [0.1, 0.15) is 59.3 Å². The van der Waals surface area contributed by atoms with Crippen molar-refractivity contribution in [3.8, 4) is 0 Å². The Morgan fingerprint density at radius 2 is 1.29 bits per heavy atom. The third-order valence-electron chi connectivity index (χ3n) is 4.10. The second-order valence-corrected chi connectivity index (χ2v) is 7.91. The SMILES string of the molecule is CC(C)(C)OC(=O)N1C[C@H](OCCCCC(=O)O)[C@H](OCCCCC(=O)O)C1. The second kappa shape index (κ2) is 11.9. The summed E-state index contributed by atoms with van der Waals surface area (Å²) in [6, 6.07) is 0. The van der Waals surface area contributed by atoms with Gasteiger partial charge in [-0.3, -0.25) is 9.59 Å². The van der Waals surface area contributed by atoms with Gasteiger partial charge in [0.25, 0.3) is 0 Å². The van der Waals surface area contributed by atoms with Gasteiger partial charge in [0.1, 0.15) is 17.8 Å². The summed E-state index contributed by atoms with van der Waals surface area (Å²) >= 11 is 0. The Labute approximate surface area is 165 Å². The zero-order valence-electron chi connectivity index (χ0n) is 17.0. The molecule has 2 atom stereocenters. The van der Waals surface area contributed by atoms with Crippen LogP contribution >= 0.6 is 0 Å². The zero-order chi connectivity index (χ0) is 21.2. The summed E-state index contributed by atoms with van der Waals surface area (Å²) in [7, 11) is 0. The molecule has 9 heteroatoms. The number of carbonyl (C=O) groups excluding carboxylic acids is 1. The zero-order valence-corrected chi connectivity index (χ0v) is 17.0. The molecule has 9 nitrogen and oxygen atoms in total. The van der Waals surface area contributed by atoms with Gasteiger partial charge >= 0.3 is 18.0 Å². The molecule has 0 bridgehead atoms. The number of ether oxygens (including phenoxy) is 3. The number of hydrogen-bond donors (Lipinski definition) is 2. The number of unbranched alkanes of at least 4 members (excludes halogenated alkanes) is 2. The van der Waals surface area contributed by atoms with E-state index in [9.17, 15) is 14.4 Å². The molecule has 0 spiro atoms. The molecule has 1 aliphatic heterocycles. The van der Waals surface area contributed by atoms with E-state index in [0.717, 1.165) is 0 Å². The van der Waals surface area contributed by atoms with Crippen LogP contribution in [0.5, 0.6) is 0 Å². The van der Waals surface area contributed by atoms with Gasteiger partial charge in [0.15, 0.2) is 0 Å². The highest BCUT2D eigenvalue weighted by molar-refractivity contribution is 5.68. The molecular weight excluding hydrogens is 370 g/mol. The Hall–Kier alpha value is -1.87. The Morgan fingerprint density at radius 3 is 1.64 bits per heavy atom. The lowest BCUT2D eigenvalue weighted by Crippen LogP contribution is -2.36. The first-order chi connectivity index (χ1) is 13.1. The average Bonchev–Trinajstić information content (AvgIpc) is 2.95. The maximum Gasteiger partial charge on any atom is 0.410 e. The Kier molecular flexibility index (Phi) is 10.2. The molecule has 1 aliphatic rings. The molecular formula is C19H33NO8. The van der Waals surface area contributed by atoms with Crippen molar-refractivity contribution >= 4 is 18.0 Å². The van der Waals surface area contributed by atoms with Crippen LogP contribution in [0.2, 0.25) is 0 Å². The van der Waals surface area contributed by atoms with Gasteiger partial charge in [0, 0.05) is 26.1 Å². The largest absolute Gasteiger partial charge is 0.481 e. The van der Waals surface area contributed by atoms with Gasteiger partial charge in [-0.1, -0.05) is 0 Å². The van der Waals surface area contributed by atoms with E-state index in [0.29, 0.717) is 52.0 Å². The lowest BCUT2D eigenvalue weighted by atomic mass is 10.2. The Bertz CT molecular complexity index is 485. The molecule has 0 saturated carbocycles. The highest BCUT2D eigenvalue weighted by Crippen LogP contribution is 2.21. The predicted molar refractivity (Wildman–Crippen MR) is 100 cm³/mol. The van der Waals surface area contributed by atoms with Crippen LogP contribution in [0.3, 0.4) is 0 Å². The van der Waals surface area contributed by atoms with Gasteiger partial charge in [0.2, 0.25) is 0 Å². The normalized spacial score (nSPS) is 19.6. The number of carboxylic acid groups (broad SMARTS) is 2. The van der Waals surface area contributed by atoms with E-state index in [1.807, 2.05) is 0 Å². The maximum absolute atomic E-state index is 12.3. The fourth-order valence-electron chi connectivity index (χ4n) is 2.77. The molecule has 2 N–H and O–H groups in total. The molecule has 0 unspecified atom stereocenters. The minimum Gasteiger partial charge on any atom is -0.481 e. The number of nitrogens with zero attached hydrogens (tertiary/aromatic N) is 1. The number of amides is 1. The van der Waals surface area contributed by atoms with Gasteiger partial charge in [0.05, 0.1) is 13.1 Å². The van der Waals surface area contributed by atoms with Gasteiger partial charge in [-0.15, -0.1) is 0 Å². The summed E-state index contributed by atoms with van der Waals surface area (Å²) in [5.41, 5.74) is -0.597. The first-order valence-corrected chi connectivity index (χ1v) is 9.73. The van der Waals surface area contributed by atoms with E-state index in [4.69, 9.17) is 24.4 Å². The summed E-state index contributed by atoms with van der Waals surface area (Å²) in [4.78, 5) is 35.0. The maximum atomic E-state index is 12.3. The van der Waals surface area contributed by atoms with E-state index in [-0.39, 0.29) is 25.0 Å². The van der Waals surface area contributed by atoms with E-state index in [1.54, 1.807) is 25.7 Å². The Balaban J connectivity index is 2.49. The number of hydrogen-bond acceptors (Lipinski definition) is 6. The topological polar surface area (TPSA) is 123 Å². The molecule has 162 valence electrons. The molecule has 0 aliphatic carbocycles. The quantitative estimate of drug-likeness (QED) is 0.477. The van der Waals surface area contributed by atoms with Crippen molar-refractivity contribution in [2.45, 2.75) is 77.1 Å². The monoisotopic (exact) mass is 403 g/mol. The van der Waals surface area contributed by atoms with Crippen LogP contribution in [0.4, 0.5) is 4.79 Å². The molecule has 28 heavy (non-hydrogen) atoms. The number of aliphatic carboxylic acids is 2. The highest BCUT2D eigenvalue weighted by atomic mass is 16.6. The van der Waals surface area contributed by atoms with Gasteiger partial charge in [-0.25, -0.2) is 4.79 Å². The molecule has 1 amide bonds. The van der Waals surface area contributed by atoms with Crippen molar-refractivity contribution in [2.24, 2.45) is 0 Å². The third-order valence-corrected chi connectivity index (χ3v) is 4.10. The number of carboxylic acids is 2. The van der Waals surface area contributed by atoms with Crippen molar-refractivity contribution in [1.29, 1.82) is 0 Å². The van der Waals surface area contributed by atoms with Crippen molar-refractivity contribution in [2.75, 3.05) is 26.3 Å². The summed E-state index contributed by atoms with van der Waals surface area (Å²) in [5.74, 6) is -1.67. The van der Waals surface area contributed by atoms with Crippen LogP contribution in [0.25, 0.3) is 0 Å². The molecule has 1 fully saturated rings. The molecule has 0 aromatic rings. The summed E-state index contributed by atoms with van der Waals surface area (Å²) in [6.07, 6.45) is 1.40. The minimum absolute atomic E-state index is 0.0988. The molecule has 0 radical (unpaired) electrons. The summed E-state index contributed by atoms with van der Waals surface area (Å²) < 4.78 is 17.1. The minimum atomic E-state index is -0.834. The third kappa shape index (κ3) is 10.5. The first-order valence-electron chi connectivity index (χ1n) is 9.73. The highest BCUT2D eigenvalue weighted by Gasteiger charge is 2.38. The lowest BCUT2D eigenvalue weighted by molar-refractivity contribution is -0.138. The van der Waals surface area contributed by atoms with Crippen molar-refractivity contribution in [3.05, 3.63) is 0 Å². The van der Waals surface area contributed by atoms with E-state index in [1.165, 1.54) is 0 Å². The van der Waals surface area contributed by atoms with Crippen LogP contribution in [-0.4, -0.2) is 77.3 Å². The van der Waals surface area contributed by atoms with Crippen LogP contribution in [0, 0.1) is 0 Å². The molecule has 1 rings (SSSR count). The van der Waals surface area contributed by atoms with E-state index in [2.05, 4.69) is 0 Å². The summed E-state index contributed by atoms with van der Waals surface area (Å²) in [6.45, 7) is 6.86. The average molecular weight is 403 g/mol. The lowest BCUT2D eigenvalue weighted by Gasteiger charge is -2.24. The Morgan fingerprint density at radius 1 is 0.857 bits per heavy atom. The standard InChI is InChI=1S/C19H33NO8/c1-19(2,3)28-18(25)20-12-14(26-10-6-4-8-16(21)22)15(13-20)27-11-7-5-9-17(23)24/h14-15H,4-13H2,1-3H3,(H,21,22)(H,23,24)/t14-,15+. The van der Waals surface area contributed by atoms with Crippen LogP contribution in [0.15, 0.2) is 0 Å². The molecule has 0 aromatic carbocycles. The van der Waals surface area contributed by atoms with Gasteiger partial charge < -0.3 is 29.3 Å². The smallest absolute Gasteiger partial charge is 0.410 e. The van der Waals surface area contributed by atoms with Gasteiger partial charge in [-0.2, -0.15) is 0 Å². The first kappa shape index (κ1) is 24.2. The van der Waals surface area contributed by atoms with E-state index >= 15 is 0 Å². The predicted octanol–water partition coefficient (Wildman–Crippen LogP) is 2.52. The van der Waals surface area contributed by atoms with Crippen molar-refractivity contribution in [1.82, 2.24) is 4.90 Å². The van der Waals surface area contributed by atoms with Crippen molar-refractivity contribution in [3.63, 3.8) is 0 Å². The number of rotatable bonds is 12. The molecule has 0 aromatic heterocycles. The van der Waals surface area contributed by atoms with Crippen LogP contribution in [-0.2, 0) is 23.8 Å². The van der Waals surface area contributed by atoms with Crippen LogP contribution < -0.4 is 0 Å². The van der Waals surface area contributed by atoms with E-state index < -0.39 is 23.6 Å². The number of carbonyl (C=O) groups is 3. The second-order valence-electron chi connectivity index (χ2n) is 7.91. The molecule has 1 heterocycles.